The Hall–Kier alpha value is -2.01. The molecule has 4 nitrogen and oxygen atoms in total. The SMILES string of the molecule is CS(=O)(=O)c1ccc(CN2CCNc3ccccc32)cc1. The number of benzene rings is 2. The standard InChI is InChI=1S/C16H18N2O2S/c1-21(19,20)14-8-6-13(7-9-14)12-18-11-10-17-15-4-2-3-5-16(15)18/h2-9,17H,10-12H2,1H3. The van der Waals surface area contributed by atoms with Gasteiger partial charge in [0.2, 0.25) is 0 Å². The highest BCUT2D eigenvalue weighted by Gasteiger charge is 2.16. The van der Waals surface area contributed by atoms with E-state index in [0.29, 0.717) is 4.90 Å². The molecule has 2 aromatic carbocycles. The van der Waals surface area contributed by atoms with Gasteiger partial charge in [-0.1, -0.05) is 24.3 Å². The smallest absolute Gasteiger partial charge is 0.175 e. The zero-order valence-electron chi connectivity index (χ0n) is 11.9. The molecule has 0 bridgehead atoms. The zero-order chi connectivity index (χ0) is 14.9. The predicted octanol–water partition coefficient (Wildman–Crippen LogP) is 2.52. The minimum Gasteiger partial charge on any atom is -0.382 e. The quantitative estimate of drug-likeness (QED) is 0.946. The van der Waals surface area contributed by atoms with E-state index in [9.17, 15) is 8.42 Å². The maximum absolute atomic E-state index is 11.5. The van der Waals surface area contributed by atoms with Crippen LogP contribution >= 0.6 is 0 Å². The number of fused-ring (bicyclic) bond motifs is 1. The molecule has 0 radical (unpaired) electrons. The van der Waals surface area contributed by atoms with Crippen LogP contribution in [0.15, 0.2) is 53.4 Å². The van der Waals surface area contributed by atoms with Crippen LogP contribution in [0.3, 0.4) is 0 Å². The molecule has 0 fully saturated rings. The van der Waals surface area contributed by atoms with Gasteiger partial charge in [0.1, 0.15) is 0 Å². The van der Waals surface area contributed by atoms with Crippen LogP contribution in [-0.2, 0) is 16.4 Å². The Bertz CT molecular complexity index is 739. The van der Waals surface area contributed by atoms with Crippen LogP contribution in [0, 0.1) is 0 Å². The van der Waals surface area contributed by atoms with E-state index in [1.54, 1.807) is 12.1 Å². The lowest BCUT2D eigenvalue weighted by molar-refractivity contribution is 0.602. The fourth-order valence-corrected chi connectivity index (χ4v) is 3.20. The lowest BCUT2D eigenvalue weighted by Gasteiger charge is -2.32. The Morgan fingerprint density at radius 3 is 2.52 bits per heavy atom. The van der Waals surface area contributed by atoms with E-state index in [-0.39, 0.29) is 0 Å². The highest BCUT2D eigenvalue weighted by atomic mass is 32.2. The first-order valence-electron chi connectivity index (χ1n) is 6.91. The number of sulfone groups is 1. The molecule has 5 heteroatoms. The normalized spacial score (nSPS) is 14.4. The average Bonchev–Trinajstić information content (AvgIpc) is 2.47. The van der Waals surface area contributed by atoms with Gasteiger partial charge < -0.3 is 10.2 Å². The molecule has 110 valence electrons. The summed E-state index contributed by atoms with van der Waals surface area (Å²) >= 11 is 0. The second-order valence-electron chi connectivity index (χ2n) is 5.28. The first kappa shape index (κ1) is 13.9. The first-order chi connectivity index (χ1) is 10.0. The molecule has 0 spiro atoms. The van der Waals surface area contributed by atoms with Gasteiger partial charge in [-0.2, -0.15) is 0 Å². The van der Waals surface area contributed by atoms with Crippen LogP contribution in [0.4, 0.5) is 11.4 Å². The molecule has 0 amide bonds. The summed E-state index contributed by atoms with van der Waals surface area (Å²) in [4.78, 5) is 2.67. The minimum atomic E-state index is -3.12. The monoisotopic (exact) mass is 302 g/mol. The van der Waals surface area contributed by atoms with E-state index < -0.39 is 9.84 Å². The van der Waals surface area contributed by atoms with E-state index in [1.165, 1.54) is 11.9 Å². The molecule has 21 heavy (non-hydrogen) atoms. The molecule has 1 N–H and O–H groups in total. The van der Waals surface area contributed by atoms with Gasteiger partial charge in [0.25, 0.3) is 0 Å². The van der Waals surface area contributed by atoms with E-state index in [1.807, 2.05) is 24.3 Å². The van der Waals surface area contributed by atoms with Crippen molar-refractivity contribution in [3.8, 4) is 0 Å². The molecule has 0 aromatic heterocycles. The largest absolute Gasteiger partial charge is 0.382 e. The number of nitrogens with zero attached hydrogens (tertiary/aromatic N) is 1. The molecule has 1 heterocycles. The summed E-state index contributed by atoms with van der Waals surface area (Å²) in [5.74, 6) is 0. The molecular formula is C16H18N2O2S. The van der Waals surface area contributed by atoms with E-state index >= 15 is 0 Å². The molecule has 0 aliphatic carbocycles. The van der Waals surface area contributed by atoms with E-state index in [2.05, 4.69) is 22.3 Å². The van der Waals surface area contributed by atoms with Gasteiger partial charge in [0, 0.05) is 25.9 Å². The van der Waals surface area contributed by atoms with Crippen LogP contribution in [0.5, 0.6) is 0 Å². The van der Waals surface area contributed by atoms with Crippen LogP contribution in [0.25, 0.3) is 0 Å². The molecule has 0 atom stereocenters. The summed E-state index contributed by atoms with van der Waals surface area (Å²) in [6, 6.07) is 15.4. The van der Waals surface area contributed by atoms with Crippen molar-refractivity contribution in [2.24, 2.45) is 0 Å². The highest BCUT2D eigenvalue weighted by molar-refractivity contribution is 7.90. The topological polar surface area (TPSA) is 49.4 Å². The molecule has 1 aliphatic heterocycles. The van der Waals surface area contributed by atoms with Gasteiger partial charge in [-0.15, -0.1) is 0 Å². The van der Waals surface area contributed by atoms with Crippen molar-refractivity contribution in [2.45, 2.75) is 11.4 Å². The predicted molar refractivity (Wildman–Crippen MR) is 85.5 cm³/mol. The fraction of sp³-hybridized carbons (Fsp3) is 0.250. The molecule has 0 saturated carbocycles. The molecule has 2 aromatic rings. The second-order valence-corrected chi connectivity index (χ2v) is 7.30. The Kier molecular flexibility index (Phi) is 3.59. The molecule has 0 saturated heterocycles. The lowest BCUT2D eigenvalue weighted by atomic mass is 10.1. The third kappa shape index (κ3) is 3.03. The van der Waals surface area contributed by atoms with Gasteiger partial charge in [-0.3, -0.25) is 0 Å². The summed E-state index contributed by atoms with van der Waals surface area (Å²) in [6.07, 6.45) is 1.23. The van der Waals surface area contributed by atoms with Gasteiger partial charge >= 0.3 is 0 Å². The summed E-state index contributed by atoms with van der Waals surface area (Å²) < 4.78 is 23.0. The van der Waals surface area contributed by atoms with Crippen LogP contribution < -0.4 is 10.2 Å². The number of nitrogens with one attached hydrogen (secondary N) is 1. The van der Waals surface area contributed by atoms with Crippen LogP contribution in [0.2, 0.25) is 0 Å². The maximum Gasteiger partial charge on any atom is 0.175 e. The molecule has 1 aliphatic rings. The lowest BCUT2D eigenvalue weighted by Crippen LogP contribution is -2.33. The van der Waals surface area contributed by atoms with Crippen molar-refractivity contribution >= 4 is 21.2 Å². The van der Waals surface area contributed by atoms with E-state index in [0.717, 1.165) is 30.9 Å². The third-order valence-electron chi connectivity index (χ3n) is 3.67. The zero-order valence-corrected chi connectivity index (χ0v) is 12.7. The number of rotatable bonds is 3. The number of hydrogen-bond acceptors (Lipinski definition) is 4. The molecular weight excluding hydrogens is 284 g/mol. The van der Waals surface area contributed by atoms with Crippen molar-refractivity contribution in [2.75, 3.05) is 29.6 Å². The third-order valence-corrected chi connectivity index (χ3v) is 4.80. The van der Waals surface area contributed by atoms with Crippen molar-refractivity contribution in [3.05, 3.63) is 54.1 Å². The van der Waals surface area contributed by atoms with Crippen molar-refractivity contribution in [1.29, 1.82) is 0 Å². The van der Waals surface area contributed by atoms with Crippen LogP contribution in [0.1, 0.15) is 5.56 Å². The molecule has 0 unspecified atom stereocenters. The first-order valence-corrected chi connectivity index (χ1v) is 8.80. The van der Waals surface area contributed by atoms with Crippen LogP contribution in [-0.4, -0.2) is 27.8 Å². The Labute approximate surface area is 125 Å². The van der Waals surface area contributed by atoms with Gasteiger partial charge in [-0.25, -0.2) is 8.42 Å². The Balaban J connectivity index is 1.82. The summed E-state index contributed by atoms with van der Waals surface area (Å²) in [7, 11) is -3.12. The summed E-state index contributed by atoms with van der Waals surface area (Å²) in [6.45, 7) is 2.63. The second kappa shape index (κ2) is 5.41. The minimum absolute atomic E-state index is 0.368. The number of anilines is 2. The van der Waals surface area contributed by atoms with Gasteiger partial charge in [0.05, 0.1) is 16.3 Å². The highest BCUT2D eigenvalue weighted by Crippen LogP contribution is 2.29. The Morgan fingerprint density at radius 1 is 1.10 bits per heavy atom. The van der Waals surface area contributed by atoms with Gasteiger partial charge in [-0.05, 0) is 29.8 Å². The summed E-state index contributed by atoms with van der Waals surface area (Å²) in [5, 5.41) is 3.39. The maximum atomic E-state index is 11.5. The molecule has 3 rings (SSSR count). The van der Waals surface area contributed by atoms with Crippen molar-refractivity contribution in [3.63, 3.8) is 0 Å². The van der Waals surface area contributed by atoms with Crippen molar-refractivity contribution < 1.29 is 8.42 Å². The van der Waals surface area contributed by atoms with Gasteiger partial charge in [0.15, 0.2) is 9.84 Å². The van der Waals surface area contributed by atoms with Crippen molar-refractivity contribution in [1.82, 2.24) is 0 Å². The average molecular weight is 302 g/mol. The van der Waals surface area contributed by atoms with E-state index in [4.69, 9.17) is 0 Å². The number of para-hydroxylation sites is 2. The fourth-order valence-electron chi connectivity index (χ4n) is 2.57. The number of hydrogen-bond donors (Lipinski definition) is 1. The Morgan fingerprint density at radius 2 is 1.81 bits per heavy atom. The summed E-state index contributed by atoms with van der Waals surface area (Å²) in [5.41, 5.74) is 3.45.